The average Bonchev–Trinajstić information content (AvgIpc) is 3.28. The van der Waals surface area contributed by atoms with Gasteiger partial charge in [-0.1, -0.05) is 33.6 Å². The SMILES string of the molecule is COc1cc(C(=O)Nc2cnc(-n3nccn3)c(Cl)c2)c(F)cc1-c1ccc(F)cc1Br. The van der Waals surface area contributed by atoms with E-state index in [0.29, 0.717) is 15.6 Å². The number of carbonyl (C=O) groups is 1. The molecule has 0 atom stereocenters. The molecule has 7 nitrogen and oxygen atoms in total. The van der Waals surface area contributed by atoms with Gasteiger partial charge in [-0.3, -0.25) is 4.79 Å². The molecule has 0 fully saturated rings. The average molecular weight is 521 g/mol. The Labute approximate surface area is 194 Å². The summed E-state index contributed by atoms with van der Waals surface area (Å²) in [5.74, 6) is -1.45. The van der Waals surface area contributed by atoms with E-state index < -0.39 is 17.5 Å². The van der Waals surface area contributed by atoms with Crippen molar-refractivity contribution in [2.75, 3.05) is 12.4 Å². The van der Waals surface area contributed by atoms with Crippen LogP contribution in [0.3, 0.4) is 0 Å². The highest BCUT2D eigenvalue weighted by molar-refractivity contribution is 9.10. The van der Waals surface area contributed by atoms with Crippen molar-refractivity contribution in [3.05, 3.63) is 81.7 Å². The molecule has 0 unspecified atom stereocenters. The van der Waals surface area contributed by atoms with E-state index in [1.807, 2.05) is 0 Å². The first kappa shape index (κ1) is 21.8. The summed E-state index contributed by atoms with van der Waals surface area (Å²) in [4.78, 5) is 18.1. The number of anilines is 1. The van der Waals surface area contributed by atoms with Gasteiger partial charge in [0, 0.05) is 10.0 Å². The standard InChI is InChI=1S/C21H13BrClF2N5O2/c1-32-19-9-15(18(25)8-14(19)13-3-2-11(24)6-16(13)22)21(31)29-12-7-17(23)20(26-10-12)30-27-4-5-28-30/h2-10H,1H3,(H,29,31). The molecule has 0 aliphatic rings. The van der Waals surface area contributed by atoms with Crippen molar-refractivity contribution in [3.8, 4) is 22.7 Å². The molecule has 1 N–H and O–H groups in total. The lowest BCUT2D eigenvalue weighted by molar-refractivity contribution is 0.102. The first-order valence-electron chi connectivity index (χ1n) is 9.04. The van der Waals surface area contributed by atoms with Gasteiger partial charge >= 0.3 is 0 Å². The molecule has 4 rings (SSSR count). The van der Waals surface area contributed by atoms with Gasteiger partial charge in [-0.25, -0.2) is 13.8 Å². The Bertz CT molecular complexity index is 1320. The zero-order chi connectivity index (χ0) is 22.8. The van der Waals surface area contributed by atoms with E-state index in [0.717, 1.165) is 6.07 Å². The van der Waals surface area contributed by atoms with Gasteiger partial charge in [0.25, 0.3) is 5.91 Å². The summed E-state index contributed by atoms with van der Waals surface area (Å²) in [5.41, 5.74) is 0.861. The number of ether oxygens (including phenoxy) is 1. The van der Waals surface area contributed by atoms with Gasteiger partial charge in [0.2, 0.25) is 0 Å². The quantitative estimate of drug-likeness (QED) is 0.387. The fraction of sp³-hybridized carbons (Fsp3) is 0.0476. The Morgan fingerprint density at radius 2 is 1.88 bits per heavy atom. The third-order valence-corrected chi connectivity index (χ3v) is 5.38. The molecule has 4 aromatic rings. The number of halogens is 4. The number of amides is 1. The lowest BCUT2D eigenvalue weighted by Crippen LogP contribution is -2.15. The maximum absolute atomic E-state index is 14.9. The van der Waals surface area contributed by atoms with Crippen molar-refractivity contribution in [1.82, 2.24) is 20.0 Å². The molecule has 0 aliphatic heterocycles. The minimum atomic E-state index is -0.786. The Morgan fingerprint density at radius 3 is 2.53 bits per heavy atom. The predicted molar refractivity (Wildman–Crippen MR) is 118 cm³/mol. The van der Waals surface area contributed by atoms with E-state index in [-0.39, 0.29) is 27.8 Å². The van der Waals surface area contributed by atoms with Crippen molar-refractivity contribution in [2.45, 2.75) is 0 Å². The minimum absolute atomic E-state index is 0.188. The fourth-order valence-electron chi connectivity index (χ4n) is 2.98. The number of hydrogen-bond donors (Lipinski definition) is 1. The second-order valence-corrected chi connectivity index (χ2v) is 7.72. The second kappa shape index (κ2) is 9.01. The first-order valence-corrected chi connectivity index (χ1v) is 10.2. The summed E-state index contributed by atoms with van der Waals surface area (Å²) >= 11 is 9.47. The number of rotatable bonds is 5. The largest absolute Gasteiger partial charge is 0.496 e. The topological polar surface area (TPSA) is 81.9 Å². The minimum Gasteiger partial charge on any atom is -0.496 e. The molecule has 0 aliphatic carbocycles. The molecule has 2 aromatic carbocycles. The third-order valence-electron chi connectivity index (χ3n) is 4.44. The number of aromatic nitrogens is 4. The van der Waals surface area contributed by atoms with E-state index >= 15 is 0 Å². The van der Waals surface area contributed by atoms with Gasteiger partial charge in [0.1, 0.15) is 17.4 Å². The van der Waals surface area contributed by atoms with Crippen LogP contribution < -0.4 is 10.1 Å². The van der Waals surface area contributed by atoms with Crippen molar-refractivity contribution >= 4 is 39.1 Å². The molecule has 0 spiro atoms. The molecule has 0 radical (unpaired) electrons. The van der Waals surface area contributed by atoms with Crippen LogP contribution in [0.15, 0.2) is 59.5 Å². The number of carbonyl (C=O) groups excluding carboxylic acids is 1. The van der Waals surface area contributed by atoms with Gasteiger partial charge in [0.15, 0.2) is 5.82 Å². The molecule has 162 valence electrons. The van der Waals surface area contributed by atoms with E-state index in [1.54, 1.807) is 0 Å². The second-order valence-electron chi connectivity index (χ2n) is 6.46. The molecule has 32 heavy (non-hydrogen) atoms. The van der Waals surface area contributed by atoms with Crippen LogP contribution in [0.5, 0.6) is 5.75 Å². The summed E-state index contributed by atoms with van der Waals surface area (Å²) in [6, 6.07) is 7.87. The summed E-state index contributed by atoms with van der Waals surface area (Å²) in [7, 11) is 1.39. The van der Waals surface area contributed by atoms with Crippen LogP contribution in [0.2, 0.25) is 5.02 Å². The van der Waals surface area contributed by atoms with Crippen molar-refractivity contribution in [1.29, 1.82) is 0 Å². The van der Waals surface area contributed by atoms with Gasteiger partial charge in [0.05, 0.1) is 42.0 Å². The molecular weight excluding hydrogens is 508 g/mol. The summed E-state index contributed by atoms with van der Waals surface area (Å²) in [5, 5.41) is 10.6. The fourth-order valence-corrected chi connectivity index (χ4v) is 3.79. The number of hydrogen-bond acceptors (Lipinski definition) is 5. The lowest BCUT2D eigenvalue weighted by atomic mass is 10.0. The highest BCUT2D eigenvalue weighted by atomic mass is 79.9. The number of nitrogens with one attached hydrogen (secondary N) is 1. The van der Waals surface area contributed by atoms with Crippen molar-refractivity contribution < 1.29 is 18.3 Å². The highest BCUT2D eigenvalue weighted by Gasteiger charge is 2.20. The molecule has 0 saturated carbocycles. The molecule has 0 bridgehead atoms. The van der Waals surface area contributed by atoms with Crippen LogP contribution in [0.4, 0.5) is 14.5 Å². The van der Waals surface area contributed by atoms with Crippen LogP contribution in [0, 0.1) is 11.6 Å². The van der Waals surface area contributed by atoms with E-state index in [2.05, 4.69) is 36.4 Å². The smallest absolute Gasteiger partial charge is 0.258 e. The van der Waals surface area contributed by atoms with Crippen LogP contribution in [-0.4, -0.2) is 33.0 Å². The normalized spacial score (nSPS) is 10.8. The molecular formula is C21H13BrClF2N5O2. The van der Waals surface area contributed by atoms with Crippen molar-refractivity contribution in [2.24, 2.45) is 0 Å². The number of pyridine rings is 1. The number of methoxy groups -OCH3 is 1. The molecule has 2 heterocycles. The zero-order valence-electron chi connectivity index (χ0n) is 16.3. The maximum Gasteiger partial charge on any atom is 0.258 e. The van der Waals surface area contributed by atoms with Crippen LogP contribution in [0.25, 0.3) is 16.9 Å². The van der Waals surface area contributed by atoms with Crippen molar-refractivity contribution in [3.63, 3.8) is 0 Å². The van der Waals surface area contributed by atoms with E-state index in [4.69, 9.17) is 16.3 Å². The van der Waals surface area contributed by atoms with Crippen LogP contribution >= 0.6 is 27.5 Å². The number of nitrogens with zero attached hydrogens (tertiary/aromatic N) is 4. The van der Waals surface area contributed by atoms with Gasteiger partial charge in [-0.2, -0.15) is 10.2 Å². The van der Waals surface area contributed by atoms with Gasteiger partial charge in [-0.05, 0) is 35.9 Å². The predicted octanol–water partition coefficient (Wildman–Crippen LogP) is 5.28. The third kappa shape index (κ3) is 4.32. The van der Waals surface area contributed by atoms with Crippen LogP contribution in [0.1, 0.15) is 10.4 Å². The Morgan fingerprint density at radius 1 is 1.12 bits per heavy atom. The molecule has 0 saturated heterocycles. The summed E-state index contributed by atoms with van der Waals surface area (Å²) < 4.78 is 34.1. The summed E-state index contributed by atoms with van der Waals surface area (Å²) in [6.45, 7) is 0. The van der Waals surface area contributed by atoms with E-state index in [1.165, 1.54) is 60.8 Å². The monoisotopic (exact) mass is 519 g/mol. The Balaban J connectivity index is 1.64. The van der Waals surface area contributed by atoms with E-state index in [9.17, 15) is 13.6 Å². The maximum atomic E-state index is 14.9. The Hall–Kier alpha value is -3.37. The lowest BCUT2D eigenvalue weighted by Gasteiger charge is -2.14. The molecule has 11 heteroatoms. The molecule has 1 amide bonds. The summed E-state index contributed by atoms with van der Waals surface area (Å²) in [6.07, 6.45) is 4.29. The first-order chi connectivity index (χ1) is 15.4. The van der Waals surface area contributed by atoms with Gasteiger partial charge in [-0.15, -0.1) is 4.80 Å². The Kier molecular flexibility index (Phi) is 6.15. The zero-order valence-corrected chi connectivity index (χ0v) is 18.7. The van der Waals surface area contributed by atoms with Gasteiger partial charge < -0.3 is 10.1 Å². The van der Waals surface area contributed by atoms with Crippen LogP contribution in [-0.2, 0) is 0 Å². The number of benzene rings is 2. The highest BCUT2D eigenvalue weighted by Crippen LogP contribution is 2.37. The molecule has 2 aromatic heterocycles.